The van der Waals surface area contributed by atoms with Crippen molar-refractivity contribution >= 4 is 35.0 Å². The summed E-state index contributed by atoms with van der Waals surface area (Å²) in [4.78, 5) is 0. The number of nitrogens with zero attached hydrogens (tertiary/aromatic N) is 3. The first-order valence-corrected chi connectivity index (χ1v) is 12.6. The molecule has 35 heavy (non-hydrogen) atoms. The molecule has 4 rings (SSSR count). The van der Waals surface area contributed by atoms with Crippen LogP contribution in [0.2, 0.25) is 10.0 Å². The summed E-state index contributed by atoms with van der Waals surface area (Å²) in [5, 5.41) is 31.0. The van der Waals surface area contributed by atoms with Crippen molar-refractivity contribution < 1.29 is 9.47 Å². The number of hydrogen-bond donors (Lipinski definition) is 1. The summed E-state index contributed by atoms with van der Waals surface area (Å²) in [6.07, 6.45) is 1.97. The lowest BCUT2D eigenvalue weighted by atomic mass is 9.59. The fourth-order valence-corrected chi connectivity index (χ4v) is 6.03. The van der Waals surface area contributed by atoms with Crippen LogP contribution in [0.1, 0.15) is 17.0 Å². The number of halogens is 2. The van der Waals surface area contributed by atoms with Gasteiger partial charge in [-0.25, -0.2) is 0 Å². The van der Waals surface area contributed by atoms with Gasteiger partial charge in [0.05, 0.1) is 40.6 Å². The molecule has 0 saturated carbocycles. The molecule has 0 bridgehead atoms. The second kappa shape index (κ2) is 10.1. The highest BCUT2D eigenvalue weighted by Gasteiger charge is 2.54. The van der Waals surface area contributed by atoms with Crippen molar-refractivity contribution in [1.82, 2.24) is 0 Å². The molecule has 2 aliphatic rings. The maximum Gasteiger partial charge on any atom is 0.191 e. The summed E-state index contributed by atoms with van der Waals surface area (Å²) in [5.74, 6) is 1.56. The minimum Gasteiger partial charge on any atom is -0.493 e. The summed E-state index contributed by atoms with van der Waals surface area (Å²) < 4.78 is 11.6. The van der Waals surface area contributed by atoms with Crippen molar-refractivity contribution in [2.75, 3.05) is 18.6 Å². The predicted molar refractivity (Wildman–Crippen MR) is 136 cm³/mol. The van der Waals surface area contributed by atoms with Crippen molar-refractivity contribution in [2.24, 2.45) is 17.1 Å². The maximum absolute atomic E-state index is 10.2. The Labute approximate surface area is 218 Å². The molecule has 1 aliphatic carbocycles. The zero-order chi connectivity index (χ0) is 25.2. The van der Waals surface area contributed by atoms with Crippen molar-refractivity contribution in [3.05, 3.63) is 80.5 Å². The SMILES string of the molecule is COc1cc(C2C3CSCC=C3C(C#N)=C(N)C2(C#N)C#N)ccc1OCc1ccc(Cl)c(Cl)c1. The van der Waals surface area contributed by atoms with Gasteiger partial charge < -0.3 is 15.2 Å². The van der Waals surface area contributed by atoms with E-state index < -0.39 is 11.3 Å². The number of fused-ring (bicyclic) bond motifs is 1. The fourth-order valence-electron chi connectivity index (χ4n) is 4.65. The number of methoxy groups -OCH3 is 1. The monoisotopic (exact) mass is 522 g/mol. The average molecular weight is 523 g/mol. The van der Waals surface area contributed by atoms with Gasteiger partial charge in [0, 0.05) is 23.3 Å². The third-order valence-corrected chi connectivity index (χ3v) is 8.10. The molecule has 0 aromatic heterocycles. The molecule has 2 aromatic rings. The maximum atomic E-state index is 10.2. The van der Waals surface area contributed by atoms with E-state index in [1.807, 2.05) is 18.2 Å². The number of ether oxygens (including phenoxy) is 2. The van der Waals surface area contributed by atoms with Crippen molar-refractivity contribution in [1.29, 1.82) is 15.8 Å². The summed E-state index contributed by atoms with van der Waals surface area (Å²) in [6, 6.07) is 17.0. The highest BCUT2D eigenvalue weighted by atomic mass is 35.5. The number of nitriles is 3. The van der Waals surface area contributed by atoms with E-state index in [4.69, 9.17) is 38.4 Å². The topological polar surface area (TPSA) is 116 Å². The molecule has 176 valence electrons. The third-order valence-electron chi connectivity index (χ3n) is 6.36. The Morgan fingerprint density at radius 1 is 1.09 bits per heavy atom. The van der Waals surface area contributed by atoms with Gasteiger partial charge in [-0.3, -0.25) is 0 Å². The molecule has 1 heterocycles. The molecule has 0 spiro atoms. The van der Waals surface area contributed by atoms with Crippen LogP contribution >= 0.6 is 35.0 Å². The van der Waals surface area contributed by atoms with Gasteiger partial charge in [0.1, 0.15) is 12.7 Å². The predicted octanol–water partition coefficient (Wildman–Crippen LogP) is 5.74. The zero-order valence-corrected chi connectivity index (χ0v) is 21.0. The van der Waals surface area contributed by atoms with Gasteiger partial charge in [-0.1, -0.05) is 41.4 Å². The number of nitrogens with two attached hydrogens (primary N) is 1. The van der Waals surface area contributed by atoms with Crippen molar-refractivity contribution in [2.45, 2.75) is 12.5 Å². The molecule has 2 unspecified atom stereocenters. The molecule has 6 nitrogen and oxygen atoms in total. The highest BCUT2D eigenvalue weighted by molar-refractivity contribution is 7.99. The van der Waals surface area contributed by atoms with Crippen LogP contribution in [0.4, 0.5) is 0 Å². The molecule has 2 atom stereocenters. The minimum absolute atomic E-state index is 0.00307. The molecule has 0 saturated heterocycles. The first kappa shape index (κ1) is 24.8. The van der Waals surface area contributed by atoms with E-state index in [2.05, 4.69) is 18.2 Å². The van der Waals surface area contributed by atoms with E-state index in [1.165, 1.54) is 7.11 Å². The number of allylic oxidation sites excluding steroid dienone is 3. The van der Waals surface area contributed by atoms with Crippen LogP contribution in [-0.4, -0.2) is 18.6 Å². The summed E-state index contributed by atoms with van der Waals surface area (Å²) in [5.41, 5.74) is 7.26. The fraction of sp³-hybridized carbons (Fsp3) is 0.269. The minimum atomic E-state index is -1.68. The Morgan fingerprint density at radius 2 is 1.86 bits per heavy atom. The Balaban J connectivity index is 1.75. The van der Waals surface area contributed by atoms with Crippen LogP contribution in [0.3, 0.4) is 0 Å². The molecule has 0 amide bonds. The molecule has 0 radical (unpaired) electrons. The smallest absolute Gasteiger partial charge is 0.191 e. The van der Waals surface area contributed by atoms with Crippen LogP contribution in [0, 0.1) is 45.3 Å². The Kier molecular flexibility index (Phi) is 7.20. The van der Waals surface area contributed by atoms with Crippen LogP contribution in [-0.2, 0) is 6.61 Å². The van der Waals surface area contributed by atoms with E-state index in [0.717, 1.165) is 16.9 Å². The lowest BCUT2D eigenvalue weighted by Crippen LogP contribution is -2.43. The Hall–Kier alpha value is -3.28. The molecule has 9 heteroatoms. The number of rotatable bonds is 5. The quantitative estimate of drug-likeness (QED) is 0.532. The van der Waals surface area contributed by atoms with Gasteiger partial charge in [0.15, 0.2) is 16.9 Å². The largest absolute Gasteiger partial charge is 0.493 e. The summed E-state index contributed by atoms with van der Waals surface area (Å²) in [6.45, 7) is 0.240. The second-order valence-electron chi connectivity index (χ2n) is 8.16. The molecule has 1 aliphatic heterocycles. The normalized spacial score (nSPS) is 20.5. The van der Waals surface area contributed by atoms with Gasteiger partial charge in [-0.15, -0.1) is 0 Å². The van der Waals surface area contributed by atoms with Crippen LogP contribution in [0.5, 0.6) is 11.5 Å². The standard InChI is InChI=1S/C26H20Cl2N4O2S/c1-33-23-9-16(3-5-22(23)34-11-15-2-4-20(27)21(28)8-15)24-19-12-35-7-6-17(19)18(10-29)25(32)26(24,13-30)14-31/h2-6,8-9,19,24H,7,11-12,32H2,1H3. The van der Waals surface area contributed by atoms with E-state index in [0.29, 0.717) is 32.9 Å². The summed E-state index contributed by atoms with van der Waals surface area (Å²) >= 11 is 13.8. The molecule has 2 N–H and O–H groups in total. The van der Waals surface area contributed by atoms with Gasteiger partial charge in [-0.2, -0.15) is 27.5 Å². The van der Waals surface area contributed by atoms with E-state index in [1.54, 1.807) is 36.0 Å². The van der Waals surface area contributed by atoms with Gasteiger partial charge in [0.25, 0.3) is 0 Å². The summed E-state index contributed by atoms with van der Waals surface area (Å²) in [7, 11) is 1.53. The lowest BCUT2D eigenvalue weighted by molar-refractivity contribution is 0.283. The van der Waals surface area contributed by atoms with Gasteiger partial charge in [0.2, 0.25) is 0 Å². The van der Waals surface area contributed by atoms with E-state index in [-0.39, 0.29) is 23.8 Å². The third kappa shape index (κ3) is 4.30. The van der Waals surface area contributed by atoms with Crippen LogP contribution < -0.4 is 15.2 Å². The van der Waals surface area contributed by atoms with E-state index in [9.17, 15) is 15.8 Å². The van der Waals surface area contributed by atoms with Gasteiger partial charge >= 0.3 is 0 Å². The van der Waals surface area contributed by atoms with Crippen molar-refractivity contribution in [3.63, 3.8) is 0 Å². The molecule has 0 fully saturated rings. The first-order chi connectivity index (χ1) is 16.9. The number of thioether (sulfide) groups is 1. The Morgan fingerprint density at radius 3 is 2.51 bits per heavy atom. The van der Waals surface area contributed by atoms with E-state index >= 15 is 0 Å². The second-order valence-corrected chi connectivity index (χ2v) is 10.0. The van der Waals surface area contributed by atoms with Crippen LogP contribution in [0.25, 0.3) is 0 Å². The number of hydrogen-bond acceptors (Lipinski definition) is 7. The zero-order valence-electron chi connectivity index (χ0n) is 18.7. The van der Waals surface area contributed by atoms with Crippen molar-refractivity contribution in [3.8, 4) is 29.7 Å². The van der Waals surface area contributed by atoms with Gasteiger partial charge in [-0.05, 0) is 41.0 Å². The number of benzene rings is 2. The first-order valence-electron chi connectivity index (χ1n) is 10.7. The lowest BCUT2D eigenvalue weighted by Gasteiger charge is -2.43. The molecular formula is C26H20Cl2N4O2S. The highest BCUT2D eigenvalue weighted by Crippen LogP contribution is 2.55. The molecule has 2 aromatic carbocycles. The van der Waals surface area contributed by atoms with Crippen LogP contribution in [0.15, 0.2) is 59.3 Å². The molecular weight excluding hydrogens is 503 g/mol. The Bertz CT molecular complexity index is 1350. The average Bonchev–Trinajstić information content (AvgIpc) is 2.88.